The lowest BCUT2D eigenvalue weighted by molar-refractivity contribution is -0.167. The number of esters is 3. The van der Waals surface area contributed by atoms with Crippen LogP contribution in [0.1, 0.15) is 239 Å². The number of ether oxygens (including phenoxy) is 3. The maximum atomic E-state index is 12.6. The first-order valence-corrected chi connectivity index (χ1v) is 27.4. The Hall–Kier alpha value is -3.93. The van der Waals surface area contributed by atoms with Crippen LogP contribution < -0.4 is 0 Å². The molecule has 0 aromatic carbocycles. The molecule has 0 N–H and O–H groups in total. The van der Waals surface area contributed by atoms with Gasteiger partial charge in [-0.25, -0.2) is 0 Å². The molecule has 0 aromatic heterocycles. The summed E-state index contributed by atoms with van der Waals surface area (Å²) in [6.07, 6.45) is 74.2. The first-order chi connectivity index (χ1) is 33.0. The molecule has 0 aliphatic rings. The SMILES string of the molecule is CC/C=C\C/C=C\C/C=C\C/C=C\C/C=C\C/C=C\C/C=C\C/C=C\C/C=C\CCCCCCCCCC(=O)OCC(COC(=O)CCCCCCCCC)OC(=O)CCCCCCCCC. The second-order valence-corrected chi connectivity index (χ2v) is 17.8. The molecule has 0 aromatic rings. The fourth-order valence-electron chi connectivity index (χ4n) is 7.20. The Kier molecular flexibility index (Phi) is 51.5. The molecular weight excluding hydrogens is 829 g/mol. The van der Waals surface area contributed by atoms with E-state index in [2.05, 4.69) is 130 Å². The molecule has 0 rings (SSSR count). The summed E-state index contributed by atoms with van der Waals surface area (Å²) in [4.78, 5) is 37.6. The highest BCUT2D eigenvalue weighted by atomic mass is 16.6. The van der Waals surface area contributed by atoms with E-state index < -0.39 is 6.10 Å². The topological polar surface area (TPSA) is 78.9 Å². The van der Waals surface area contributed by atoms with Crippen molar-refractivity contribution in [1.82, 2.24) is 0 Å². The standard InChI is InChI=1S/C61H100O6/c1-4-7-10-13-16-17-18-19-20-21-22-23-24-25-26-27-28-29-30-31-32-33-34-35-36-37-38-39-40-41-42-43-46-48-51-54-60(63)66-57-58(67-61(64)55-52-49-45-15-12-9-6-3)56-65-59(62)53-50-47-44-14-11-8-5-2/h7,10,16-17,19-20,22-23,25-26,28-29,31-32,34-35,37-38,58H,4-6,8-9,11-15,18,21,24,27,30,33,36,39-57H2,1-3H3/b10-7-,17-16-,20-19-,23-22-,26-25-,29-28-,32-31-,35-34-,38-37-. The zero-order chi connectivity index (χ0) is 48.6. The van der Waals surface area contributed by atoms with E-state index in [1.54, 1.807) is 0 Å². The normalized spacial score (nSPS) is 12.9. The van der Waals surface area contributed by atoms with Crippen LogP contribution in [0.2, 0.25) is 0 Å². The number of carbonyl (C=O) groups is 3. The van der Waals surface area contributed by atoms with Crippen molar-refractivity contribution in [3.05, 3.63) is 109 Å². The maximum absolute atomic E-state index is 12.6. The van der Waals surface area contributed by atoms with Crippen molar-refractivity contribution in [2.45, 2.75) is 245 Å². The fourth-order valence-corrected chi connectivity index (χ4v) is 7.20. The van der Waals surface area contributed by atoms with E-state index in [0.29, 0.717) is 19.3 Å². The number of carbonyl (C=O) groups excluding carboxylic acids is 3. The van der Waals surface area contributed by atoms with Crippen molar-refractivity contribution >= 4 is 17.9 Å². The quantitative estimate of drug-likeness (QED) is 0.0262. The van der Waals surface area contributed by atoms with Gasteiger partial charge in [-0.15, -0.1) is 0 Å². The fraction of sp³-hybridized carbons (Fsp3) is 0.656. The highest BCUT2D eigenvalue weighted by Crippen LogP contribution is 2.14. The van der Waals surface area contributed by atoms with Crippen LogP contribution in [0, 0.1) is 0 Å². The van der Waals surface area contributed by atoms with E-state index in [4.69, 9.17) is 14.2 Å². The first kappa shape index (κ1) is 63.1. The molecule has 0 aliphatic carbocycles. The lowest BCUT2D eigenvalue weighted by atomic mass is 10.1. The van der Waals surface area contributed by atoms with Gasteiger partial charge in [-0.1, -0.05) is 239 Å². The van der Waals surface area contributed by atoms with Gasteiger partial charge in [0.25, 0.3) is 0 Å². The molecule has 6 nitrogen and oxygen atoms in total. The molecule has 0 radical (unpaired) electrons. The molecule has 0 amide bonds. The van der Waals surface area contributed by atoms with E-state index in [-0.39, 0.29) is 31.1 Å². The third-order valence-corrected chi connectivity index (χ3v) is 11.3. The van der Waals surface area contributed by atoms with Gasteiger partial charge < -0.3 is 14.2 Å². The predicted molar refractivity (Wildman–Crippen MR) is 288 cm³/mol. The Balaban J connectivity index is 4.02. The van der Waals surface area contributed by atoms with Crippen molar-refractivity contribution in [1.29, 1.82) is 0 Å². The third-order valence-electron chi connectivity index (χ3n) is 11.3. The summed E-state index contributed by atoms with van der Waals surface area (Å²) < 4.78 is 16.6. The molecule has 0 aliphatic heterocycles. The van der Waals surface area contributed by atoms with Crippen molar-refractivity contribution in [2.75, 3.05) is 13.2 Å². The van der Waals surface area contributed by atoms with Gasteiger partial charge in [0.15, 0.2) is 6.10 Å². The lowest BCUT2D eigenvalue weighted by Gasteiger charge is -2.18. The zero-order valence-corrected chi connectivity index (χ0v) is 43.4. The maximum Gasteiger partial charge on any atom is 0.306 e. The Bertz CT molecular complexity index is 1390. The van der Waals surface area contributed by atoms with Gasteiger partial charge in [-0.3, -0.25) is 14.4 Å². The highest BCUT2D eigenvalue weighted by Gasteiger charge is 2.19. The van der Waals surface area contributed by atoms with Gasteiger partial charge in [0, 0.05) is 19.3 Å². The van der Waals surface area contributed by atoms with Crippen LogP contribution in [-0.2, 0) is 28.6 Å². The Morgan fingerprint density at radius 2 is 0.582 bits per heavy atom. The molecule has 1 atom stereocenters. The summed E-state index contributed by atoms with van der Waals surface area (Å²) in [7, 11) is 0. The molecule has 0 saturated heterocycles. The number of hydrogen-bond donors (Lipinski definition) is 0. The van der Waals surface area contributed by atoms with Crippen molar-refractivity contribution < 1.29 is 28.6 Å². The Labute approximate surface area is 412 Å². The molecule has 0 fully saturated rings. The smallest absolute Gasteiger partial charge is 0.306 e. The van der Waals surface area contributed by atoms with Gasteiger partial charge in [0.05, 0.1) is 0 Å². The monoisotopic (exact) mass is 929 g/mol. The van der Waals surface area contributed by atoms with Gasteiger partial charge in [-0.2, -0.15) is 0 Å². The van der Waals surface area contributed by atoms with Crippen LogP contribution in [0.4, 0.5) is 0 Å². The predicted octanol–water partition coefficient (Wildman–Crippen LogP) is 18.3. The number of allylic oxidation sites excluding steroid dienone is 18. The molecule has 380 valence electrons. The minimum absolute atomic E-state index is 0.0800. The highest BCUT2D eigenvalue weighted by molar-refractivity contribution is 5.71. The van der Waals surface area contributed by atoms with Crippen LogP contribution in [0.3, 0.4) is 0 Å². The van der Waals surface area contributed by atoms with Gasteiger partial charge in [-0.05, 0) is 89.9 Å². The van der Waals surface area contributed by atoms with Crippen LogP contribution in [0.5, 0.6) is 0 Å². The summed E-state index contributed by atoms with van der Waals surface area (Å²) in [5, 5.41) is 0. The molecule has 0 bridgehead atoms. The zero-order valence-electron chi connectivity index (χ0n) is 43.4. The largest absolute Gasteiger partial charge is 0.462 e. The average Bonchev–Trinajstić information content (AvgIpc) is 3.33. The molecule has 0 spiro atoms. The third kappa shape index (κ3) is 52.9. The van der Waals surface area contributed by atoms with Crippen molar-refractivity contribution in [3.8, 4) is 0 Å². The van der Waals surface area contributed by atoms with Crippen molar-refractivity contribution in [2.24, 2.45) is 0 Å². The summed E-state index contributed by atoms with van der Waals surface area (Å²) >= 11 is 0. The van der Waals surface area contributed by atoms with Crippen LogP contribution in [0.25, 0.3) is 0 Å². The average molecular weight is 929 g/mol. The number of rotatable bonds is 48. The van der Waals surface area contributed by atoms with E-state index in [9.17, 15) is 14.4 Å². The molecular formula is C61H100O6. The number of unbranched alkanes of at least 4 members (excludes halogenated alkanes) is 19. The minimum atomic E-state index is -0.775. The van der Waals surface area contributed by atoms with Gasteiger partial charge >= 0.3 is 17.9 Å². The second kappa shape index (κ2) is 54.7. The van der Waals surface area contributed by atoms with E-state index in [1.807, 2.05) is 0 Å². The van der Waals surface area contributed by atoms with Crippen LogP contribution in [0.15, 0.2) is 109 Å². The Morgan fingerprint density at radius 1 is 0.313 bits per heavy atom. The molecule has 0 heterocycles. The lowest BCUT2D eigenvalue weighted by Crippen LogP contribution is -2.30. The van der Waals surface area contributed by atoms with Crippen LogP contribution in [-0.4, -0.2) is 37.2 Å². The van der Waals surface area contributed by atoms with Gasteiger partial charge in [0.1, 0.15) is 13.2 Å². The van der Waals surface area contributed by atoms with Crippen LogP contribution >= 0.6 is 0 Å². The molecule has 6 heteroatoms. The van der Waals surface area contributed by atoms with Crippen molar-refractivity contribution in [3.63, 3.8) is 0 Å². The van der Waals surface area contributed by atoms with E-state index in [0.717, 1.165) is 122 Å². The summed E-state index contributed by atoms with van der Waals surface area (Å²) in [5.74, 6) is -0.910. The molecule has 67 heavy (non-hydrogen) atoms. The molecule has 0 saturated carbocycles. The second-order valence-electron chi connectivity index (χ2n) is 17.8. The Morgan fingerprint density at radius 3 is 0.910 bits per heavy atom. The van der Waals surface area contributed by atoms with E-state index in [1.165, 1.54) is 77.0 Å². The van der Waals surface area contributed by atoms with Gasteiger partial charge in [0.2, 0.25) is 0 Å². The summed E-state index contributed by atoms with van der Waals surface area (Å²) in [6, 6.07) is 0. The summed E-state index contributed by atoms with van der Waals surface area (Å²) in [6.45, 7) is 6.41. The minimum Gasteiger partial charge on any atom is -0.462 e. The summed E-state index contributed by atoms with van der Waals surface area (Å²) in [5.41, 5.74) is 0. The number of hydrogen-bond acceptors (Lipinski definition) is 6. The molecule has 1 unspecified atom stereocenters. The first-order valence-electron chi connectivity index (χ1n) is 27.4. The van der Waals surface area contributed by atoms with E-state index >= 15 is 0 Å².